The zero-order valence-electron chi connectivity index (χ0n) is 22.8. The van der Waals surface area contributed by atoms with Crippen LogP contribution >= 0.6 is 0 Å². The summed E-state index contributed by atoms with van der Waals surface area (Å²) in [5.41, 5.74) is 0.0495. The fraction of sp³-hybridized carbons (Fsp3) is 0.724. The van der Waals surface area contributed by atoms with Crippen LogP contribution in [0.4, 0.5) is 4.39 Å². The van der Waals surface area contributed by atoms with E-state index in [0.717, 1.165) is 38.5 Å². The van der Waals surface area contributed by atoms with Gasteiger partial charge in [0.05, 0.1) is 36.6 Å². The van der Waals surface area contributed by atoms with Crippen LogP contribution in [-0.4, -0.2) is 97.0 Å². The Hall–Kier alpha value is -2.07. The largest absolute Gasteiger partial charge is 0.394 e. The second-order valence-corrected chi connectivity index (χ2v) is 11.3. The number of hydrogen-bond donors (Lipinski definition) is 3. The molecule has 0 bridgehead atoms. The Kier molecular flexibility index (Phi) is 9.79. The molecule has 0 aromatic heterocycles. The number of carbonyl (C=O) groups excluding carboxylic acids is 2. The van der Waals surface area contributed by atoms with Crippen molar-refractivity contribution in [1.29, 1.82) is 0 Å². The van der Waals surface area contributed by atoms with E-state index in [-0.39, 0.29) is 42.9 Å². The number of piperidine rings is 3. The van der Waals surface area contributed by atoms with E-state index < -0.39 is 17.3 Å². The van der Waals surface area contributed by atoms with Gasteiger partial charge in [-0.25, -0.2) is 4.39 Å². The van der Waals surface area contributed by atoms with Crippen LogP contribution in [0.3, 0.4) is 0 Å². The quantitative estimate of drug-likeness (QED) is 0.474. The van der Waals surface area contributed by atoms with Crippen LogP contribution in [-0.2, 0) is 14.3 Å². The predicted octanol–water partition coefficient (Wildman–Crippen LogP) is 2.21. The van der Waals surface area contributed by atoms with Gasteiger partial charge in [-0.05, 0) is 69.1 Å². The molecule has 212 valence electrons. The van der Waals surface area contributed by atoms with Gasteiger partial charge in [0.1, 0.15) is 5.82 Å². The summed E-state index contributed by atoms with van der Waals surface area (Å²) in [6, 6.07) is 4.39. The maximum absolute atomic E-state index is 15.0. The van der Waals surface area contributed by atoms with Crippen molar-refractivity contribution < 1.29 is 28.9 Å². The molecule has 1 aromatic rings. The third-order valence-electron chi connectivity index (χ3n) is 9.16. The standard InChI is InChI=1S/C29H44FN3O5/c1-20-23(10-7-11-25(20)30)26-24(27(36)32-13-5-3-8-21(32)17-34)16-31-19-29(26,12-15-38-2)28(37)33-14-6-4-9-22(33)18-35/h7,10-11,21-22,24,26,31,34-35H,3-6,8-9,12-19H2,1-2H3/t21-,22-,24-,26-,29+/m1/s1. The van der Waals surface area contributed by atoms with Gasteiger partial charge in [-0.1, -0.05) is 12.1 Å². The van der Waals surface area contributed by atoms with Crippen molar-refractivity contribution in [2.24, 2.45) is 11.3 Å². The van der Waals surface area contributed by atoms with E-state index >= 15 is 4.39 Å². The first-order valence-electron chi connectivity index (χ1n) is 14.2. The highest BCUT2D eigenvalue weighted by Crippen LogP contribution is 2.50. The predicted molar refractivity (Wildman–Crippen MR) is 142 cm³/mol. The van der Waals surface area contributed by atoms with E-state index in [0.29, 0.717) is 50.3 Å². The molecule has 3 heterocycles. The summed E-state index contributed by atoms with van der Waals surface area (Å²) in [6.45, 7) is 3.61. The molecule has 3 N–H and O–H groups in total. The van der Waals surface area contributed by atoms with Gasteiger partial charge >= 0.3 is 0 Å². The third-order valence-corrected chi connectivity index (χ3v) is 9.16. The van der Waals surface area contributed by atoms with E-state index in [1.165, 1.54) is 6.07 Å². The number of amides is 2. The molecule has 5 atom stereocenters. The Morgan fingerprint density at radius 1 is 1.08 bits per heavy atom. The normalized spacial score (nSPS) is 30.3. The molecule has 0 aliphatic carbocycles. The summed E-state index contributed by atoms with van der Waals surface area (Å²) in [6.07, 6.45) is 5.46. The number of carbonyl (C=O) groups is 2. The monoisotopic (exact) mass is 533 g/mol. The highest BCUT2D eigenvalue weighted by atomic mass is 19.1. The number of benzene rings is 1. The number of nitrogens with one attached hydrogen (secondary N) is 1. The minimum atomic E-state index is -1.07. The van der Waals surface area contributed by atoms with Gasteiger partial charge in [0, 0.05) is 45.8 Å². The second kappa shape index (κ2) is 12.9. The molecule has 3 fully saturated rings. The first-order chi connectivity index (χ1) is 18.4. The molecule has 3 aliphatic heterocycles. The topological polar surface area (TPSA) is 102 Å². The van der Waals surface area contributed by atoms with Gasteiger partial charge < -0.3 is 30.1 Å². The first kappa shape index (κ1) is 28.9. The average molecular weight is 534 g/mol. The number of hydrogen-bond acceptors (Lipinski definition) is 6. The van der Waals surface area contributed by atoms with E-state index in [1.807, 2.05) is 6.07 Å². The number of aliphatic hydroxyl groups excluding tert-OH is 2. The molecular formula is C29H44FN3O5. The molecule has 9 heteroatoms. The van der Waals surface area contributed by atoms with Crippen LogP contribution in [0.25, 0.3) is 0 Å². The third kappa shape index (κ3) is 5.48. The van der Waals surface area contributed by atoms with Crippen LogP contribution in [0.2, 0.25) is 0 Å². The highest BCUT2D eigenvalue weighted by molar-refractivity contribution is 5.88. The summed E-state index contributed by atoms with van der Waals surface area (Å²) >= 11 is 0. The van der Waals surface area contributed by atoms with Crippen LogP contribution < -0.4 is 5.32 Å². The lowest BCUT2D eigenvalue weighted by atomic mass is 9.60. The molecule has 3 saturated heterocycles. The molecule has 2 amide bonds. The zero-order chi connectivity index (χ0) is 27.3. The van der Waals surface area contributed by atoms with Gasteiger partial charge in [-0.2, -0.15) is 0 Å². The summed E-state index contributed by atoms with van der Waals surface area (Å²) in [5.74, 6) is -1.77. The van der Waals surface area contributed by atoms with Crippen molar-refractivity contribution >= 4 is 11.8 Å². The van der Waals surface area contributed by atoms with Crippen LogP contribution in [0.15, 0.2) is 18.2 Å². The molecule has 0 spiro atoms. The van der Waals surface area contributed by atoms with Crippen molar-refractivity contribution in [2.75, 3.05) is 53.1 Å². The number of aliphatic hydroxyl groups is 2. The Balaban J connectivity index is 1.85. The highest BCUT2D eigenvalue weighted by Gasteiger charge is 2.56. The van der Waals surface area contributed by atoms with Crippen molar-refractivity contribution in [3.8, 4) is 0 Å². The SMILES string of the molecule is COCC[C@]1(C(=O)N2CCCC[C@@H]2CO)CNC[C@@H](C(=O)N2CCCC[C@@H]2CO)[C@H]1c1cccc(F)c1C. The lowest BCUT2D eigenvalue weighted by Crippen LogP contribution is -2.64. The van der Waals surface area contributed by atoms with Crippen molar-refractivity contribution in [2.45, 2.75) is 69.9 Å². The van der Waals surface area contributed by atoms with E-state index in [1.54, 1.807) is 29.9 Å². The van der Waals surface area contributed by atoms with Gasteiger partial charge in [0.25, 0.3) is 0 Å². The number of likely N-dealkylation sites (tertiary alicyclic amines) is 2. The van der Waals surface area contributed by atoms with Gasteiger partial charge in [0.2, 0.25) is 11.8 Å². The molecule has 0 unspecified atom stereocenters. The van der Waals surface area contributed by atoms with E-state index in [2.05, 4.69) is 5.32 Å². The van der Waals surface area contributed by atoms with Crippen molar-refractivity contribution in [1.82, 2.24) is 15.1 Å². The lowest BCUT2D eigenvalue weighted by Gasteiger charge is -2.52. The average Bonchev–Trinajstić information content (AvgIpc) is 2.96. The van der Waals surface area contributed by atoms with Crippen LogP contribution in [0.5, 0.6) is 0 Å². The van der Waals surface area contributed by atoms with E-state index in [4.69, 9.17) is 4.74 Å². The summed E-state index contributed by atoms with van der Waals surface area (Å²) in [4.78, 5) is 32.5. The molecule has 8 nitrogen and oxygen atoms in total. The summed E-state index contributed by atoms with van der Waals surface area (Å²) in [7, 11) is 1.59. The van der Waals surface area contributed by atoms with Crippen LogP contribution in [0.1, 0.15) is 62.0 Å². The maximum Gasteiger partial charge on any atom is 0.231 e. The minimum Gasteiger partial charge on any atom is -0.394 e. The molecular weight excluding hydrogens is 489 g/mol. The molecule has 0 saturated carbocycles. The smallest absolute Gasteiger partial charge is 0.231 e. The van der Waals surface area contributed by atoms with Gasteiger partial charge in [0.15, 0.2) is 0 Å². The molecule has 38 heavy (non-hydrogen) atoms. The Morgan fingerprint density at radius 3 is 2.39 bits per heavy atom. The lowest BCUT2D eigenvalue weighted by molar-refractivity contribution is -0.156. The first-order valence-corrected chi connectivity index (χ1v) is 14.2. The minimum absolute atomic E-state index is 0.100. The van der Waals surface area contributed by atoms with Gasteiger partial charge in [-0.3, -0.25) is 9.59 Å². The zero-order valence-corrected chi connectivity index (χ0v) is 22.8. The summed E-state index contributed by atoms with van der Waals surface area (Å²) in [5, 5.41) is 23.6. The number of nitrogens with zero attached hydrogens (tertiary/aromatic N) is 2. The fourth-order valence-corrected chi connectivity index (χ4v) is 7.05. The molecule has 3 aliphatic rings. The Labute approximate surface area is 225 Å². The fourth-order valence-electron chi connectivity index (χ4n) is 7.05. The Bertz CT molecular complexity index is 978. The molecule has 1 aromatic carbocycles. The van der Waals surface area contributed by atoms with Crippen molar-refractivity contribution in [3.63, 3.8) is 0 Å². The van der Waals surface area contributed by atoms with Gasteiger partial charge in [-0.15, -0.1) is 0 Å². The number of methoxy groups -OCH3 is 1. The number of rotatable bonds is 8. The number of halogens is 1. The number of ether oxygens (including phenoxy) is 1. The van der Waals surface area contributed by atoms with Crippen LogP contribution in [0, 0.1) is 24.1 Å². The summed E-state index contributed by atoms with van der Waals surface area (Å²) < 4.78 is 20.5. The Morgan fingerprint density at radius 2 is 1.74 bits per heavy atom. The second-order valence-electron chi connectivity index (χ2n) is 11.3. The maximum atomic E-state index is 15.0. The molecule has 0 radical (unpaired) electrons. The van der Waals surface area contributed by atoms with E-state index in [9.17, 15) is 19.8 Å². The molecule has 4 rings (SSSR count). The van der Waals surface area contributed by atoms with Crippen molar-refractivity contribution in [3.05, 3.63) is 35.1 Å².